The van der Waals surface area contributed by atoms with Gasteiger partial charge in [0.05, 0.1) is 22.8 Å². The highest BCUT2D eigenvalue weighted by Gasteiger charge is 2.17. The summed E-state index contributed by atoms with van der Waals surface area (Å²) in [5.74, 6) is -0.437. The fourth-order valence-corrected chi connectivity index (χ4v) is 3.13. The van der Waals surface area contributed by atoms with E-state index in [2.05, 4.69) is 37.9 Å². The summed E-state index contributed by atoms with van der Waals surface area (Å²) >= 11 is 0. The van der Waals surface area contributed by atoms with Gasteiger partial charge < -0.3 is 4.74 Å². The van der Waals surface area contributed by atoms with Crippen LogP contribution in [0.3, 0.4) is 0 Å². The molecule has 1 heterocycles. The standard InChI is InChI=1S/C24H24N2O4/c1-5-30-23(27)18-14-21(16-6-10-19(11-7-16)24(2,3)4)22(25-15-18)17-8-12-20(13-9-17)26(28)29/h6-15H,5H2,1-4H3. The Morgan fingerprint density at radius 1 is 1.03 bits per heavy atom. The van der Waals surface area contributed by atoms with Crippen LogP contribution in [0.25, 0.3) is 22.4 Å². The number of ether oxygens (including phenoxy) is 1. The van der Waals surface area contributed by atoms with Crippen LogP contribution >= 0.6 is 0 Å². The first-order chi connectivity index (χ1) is 14.2. The van der Waals surface area contributed by atoms with E-state index < -0.39 is 10.9 Å². The number of nitro groups is 1. The molecule has 0 radical (unpaired) electrons. The van der Waals surface area contributed by atoms with E-state index in [0.717, 1.165) is 16.7 Å². The lowest BCUT2D eigenvalue weighted by Crippen LogP contribution is -2.10. The Morgan fingerprint density at radius 3 is 2.17 bits per heavy atom. The molecule has 30 heavy (non-hydrogen) atoms. The zero-order valence-corrected chi connectivity index (χ0v) is 17.5. The van der Waals surface area contributed by atoms with Crippen LogP contribution in [0.2, 0.25) is 0 Å². The topological polar surface area (TPSA) is 82.3 Å². The van der Waals surface area contributed by atoms with Crippen molar-refractivity contribution in [3.63, 3.8) is 0 Å². The maximum absolute atomic E-state index is 12.2. The molecule has 0 saturated heterocycles. The minimum absolute atomic E-state index is 0.0120. The average molecular weight is 404 g/mol. The molecule has 6 nitrogen and oxygen atoms in total. The predicted octanol–water partition coefficient (Wildman–Crippen LogP) is 5.80. The first-order valence-electron chi connectivity index (χ1n) is 9.73. The Bertz CT molecular complexity index is 1070. The smallest absolute Gasteiger partial charge is 0.339 e. The third kappa shape index (κ3) is 4.54. The quantitative estimate of drug-likeness (QED) is 0.305. The number of benzene rings is 2. The van der Waals surface area contributed by atoms with E-state index in [1.54, 1.807) is 25.1 Å². The maximum atomic E-state index is 12.2. The minimum Gasteiger partial charge on any atom is -0.462 e. The van der Waals surface area contributed by atoms with E-state index in [1.165, 1.54) is 23.9 Å². The van der Waals surface area contributed by atoms with Crippen molar-refractivity contribution in [1.29, 1.82) is 0 Å². The van der Waals surface area contributed by atoms with Gasteiger partial charge in [-0.15, -0.1) is 0 Å². The average Bonchev–Trinajstić information content (AvgIpc) is 2.73. The summed E-state index contributed by atoms with van der Waals surface area (Å²) in [6.07, 6.45) is 1.47. The molecule has 3 rings (SSSR count). The number of pyridine rings is 1. The summed E-state index contributed by atoms with van der Waals surface area (Å²) in [6, 6.07) is 16.1. The molecule has 0 aliphatic carbocycles. The lowest BCUT2D eigenvalue weighted by Gasteiger charge is -2.19. The molecule has 0 atom stereocenters. The SMILES string of the molecule is CCOC(=O)c1cnc(-c2ccc([N+](=O)[O-])cc2)c(-c2ccc(C(C)(C)C)cc2)c1. The van der Waals surface area contributed by atoms with Crippen molar-refractivity contribution in [3.05, 3.63) is 82.0 Å². The molecule has 6 heteroatoms. The number of nitrogens with zero attached hydrogens (tertiary/aromatic N) is 2. The van der Waals surface area contributed by atoms with Gasteiger partial charge in [-0.1, -0.05) is 45.0 Å². The Labute approximate surface area is 175 Å². The molecule has 3 aromatic rings. The Kier molecular flexibility index (Phi) is 5.96. The summed E-state index contributed by atoms with van der Waals surface area (Å²) in [6.45, 7) is 8.47. The summed E-state index contributed by atoms with van der Waals surface area (Å²) < 4.78 is 5.12. The van der Waals surface area contributed by atoms with E-state index in [4.69, 9.17) is 4.74 Å². The highest BCUT2D eigenvalue weighted by Crippen LogP contribution is 2.33. The minimum atomic E-state index is -0.437. The third-order valence-corrected chi connectivity index (χ3v) is 4.81. The molecule has 0 saturated carbocycles. The van der Waals surface area contributed by atoms with Crippen LogP contribution in [-0.4, -0.2) is 22.5 Å². The van der Waals surface area contributed by atoms with E-state index in [-0.39, 0.29) is 17.7 Å². The summed E-state index contributed by atoms with van der Waals surface area (Å²) in [5.41, 5.74) is 4.61. The van der Waals surface area contributed by atoms with Crippen LogP contribution in [0.15, 0.2) is 60.8 Å². The van der Waals surface area contributed by atoms with Crippen molar-refractivity contribution in [3.8, 4) is 22.4 Å². The van der Waals surface area contributed by atoms with Gasteiger partial charge in [0.2, 0.25) is 0 Å². The number of aromatic nitrogens is 1. The monoisotopic (exact) mass is 404 g/mol. The third-order valence-electron chi connectivity index (χ3n) is 4.81. The second kappa shape index (κ2) is 8.45. The van der Waals surface area contributed by atoms with Gasteiger partial charge in [-0.3, -0.25) is 15.1 Å². The molecule has 0 fully saturated rings. The molecule has 0 bridgehead atoms. The second-order valence-corrected chi connectivity index (χ2v) is 7.97. The lowest BCUT2D eigenvalue weighted by atomic mass is 9.86. The molecule has 0 unspecified atom stereocenters. The van der Waals surface area contributed by atoms with Crippen molar-refractivity contribution in [2.45, 2.75) is 33.1 Å². The number of hydrogen-bond acceptors (Lipinski definition) is 5. The van der Waals surface area contributed by atoms with Gasteiger partial charge in [-0.05, 0) is 41.7 Å². The molecular weight excluding hydrogens is 380 g/mol. The Balaban J connectivity index is 2.12. The highest BCUT2D eigenvalue weighted by molar-refractivity contribution is 5.93. The van der Waals surface area contributed by atoms with Crippen LogP contribution in [0.5, 0.6) is 0 Å². The van der Waals surface area contributed by atoms with Gasteiger partial charge in [0.1, 0.15) is 0 Å². The van der Waals surface area contributed by atoms with E-state index in [9.17, 15) is 14.9 Å². The largest absolute Gasteiger partial charge is 0.462 e. The molecule has 0 aliphatic heterocycles. The molecular formula is C24H24N2O4. The van der Waals surface area contributed by atoms with Crippen molar-refractivity contribution in [1.82, 2.24) is 4.98 Å². The van der Waals surface area contributed by atoms with Crippen LogP contribution in [0, 0.1) is 10.1 Å². The van der Waals surface area contributed by atoms with Crippen molar-refractivity contribution in [2.24, 2.45) is 0 Å². The molecule has 0 N–H and O–H groups in total. The van der Waals surface area contributed by atoms with Crippen molar-refractivity contribution in [2.75, 3.05) is 6.61 Å². The van der Waals surface area contributed by atoms with E-state index in [1.807, 2.05) is 12.1 Å². The van der Waals surface area contributed by atoms with Gasteiger partial charge in [-0.25, -0.2) is 4.79 Å². The van der Waals surface area contributed by atoms with Crippen LogP contribution in [0.1, 0.15) is 43.6 Å². The zero-order chi connectivity index (χ0) is 21.9. The fraction of sp³-hybridized carbons (Fsp3) is 0.250. The van der Waals surface area contributed by atoms with E-state index in [0.29, 0.717) is 11.3 Å². The molecule has 0 aliphatic rings. The summed E-state index contributed by atoms with van der Waals surface area (Å²) in [7, 11) is 0. The van der Waals surface area contributed by atoms with Crippen LogP contribution < -0.4 is 0 Å². The highest BCUT2D eigenvalue weighted by atomic mass is 16.6. The van der Waals surface area contributed by atoms with Crippen molar-refractivity contribution < 1.29 is 14.5 Å². The van der Waals surface area contributed by atoms with Gasteiger partial charge in [-0.2, -0.15) is 0 Å². The zero-order valence-electron chi connectivity index (χ0n) is 17.5. The van der Waals surface area contributed by atoms with Gasteiger partial charge in [0.25, 0.3) is 5.69 Å². The Morgan fingerprint density at radius 2 is 1.63 bits per heavy atom. The molecule has 1 aromatic heterocycles. The fourth-order valence-electron chi connectivity index (χ4n) is 3.13. The predicted molar refractivity (Wildman–Crippen MR) is 116 cm³/mol. The number of hydrogen-bond donors (Lipinski definition) is 0. The molecule has 154 valence electrons. The summed E-state index contributed by atoms with van der Waals surface area (Å²) in [5, 5.41) is 11.0. The lowest BCUT2D eigenvalue weighted by molar-refractivity contribution is -0.384. The second-order valence-electron chi connectivity index (χ2n) is 7.97. The number of carbonyl (C=O) groups is 1. The Hall–Kier alpha value is -3.54. The maximum Gasteiger partial charge on any atom is 0.339 e. The number of non-ortho nitro benzene ring substituents is 1. The van der Waals surface area contributed by atoms with Gasteiger partial charge in [0.15, 0.2) is 0 Å². The van der Waals surface area contributed by atoms with E-state index >= 15 is 0 Å². The molecule has 2 aromatic carbocycles. The first kappa shape index (κ1) is 21.2. The van der Waals surface area contributed by atoms with Crippen LogP contribution in [0.4, 0.5) is 5.69 Å². The number of nitro benzene ring substituents is 1. The normalized spacial score (nSPS) is 11.2. The number of rotatable bonds is 5. The first-order valence-corrected chi connectivity index (χ1v) is 9.73. The molecule has 0 amide bonds. The number of esters is 1. The van der Waals surface area contributed by atoms with Crippen molar-refractivity contribution >= 4 is 11.7 Å². The number of carbonyl (C=O) groups excluding carboxylic acids is 1. The van der Waals surface area contributed by atoms with Gasteiger partial charge >= 0.3 is 5.97 Å². The van der Waals surface area contributed by atoms with Crippen LogP contribution in [-0.2, 0) is 10.2 Å². The molecule has 0 spiro atoms. The van der Waals surface area contributed by atoms with Gasteiger partial charge in [0, 0.05) is 29.5 Å². The summed E-state index contributed by atoms with van der Waals surface area (Å²) in [4.78, 5) is 27.3.